The maximum Gasteiger partial charge on any atom is 0.523 e. The molecule has 0 aromatic rings. The van der Waals surface area contributed by atoms with Crippen molar-refractivity contribution in [3.63, 3.8) is 0 Å². The number of hydrogen-bond acceptors (Lipinski definition) is 4. The molecule has 0 aromatic carbocycles. The monoisotopic (exact) mass is 219 g/mol. The molecule has 4 nitrogen and oxygen atoms in total. The summed E-state index contributed by atoms with van der Waals surface area (Å²) in [5.41, 5.74) is -5.32. The molecule has 1 atom stereocenters. The van der Waals surface area contributed by atoms with Crippen molar-refractivity contribution < 1.29 is 25.8 Å². The van der Waals surface area contributed by atoms with Crippen molar-refractivity contribution in [2.45, 2.75) is 18.0 Å². The second-order valence-corrected chi connectivity index (χ2v) is 4.17. The molecule has 1 fully saturated rings. The Morgan fingerprint density at radius 3 is 2.38 bits per heavy atom. The smallest absolute Gasteiger partial charge is 0.314 e. The van der Waals surface area contributed by atoms with Gasteiger partial charge in [-0.1, -0.05) is 0 Å². The number of hydrogen-bond donors (Lipinski definition) is 1. The Kier molecular flexibility index (Phi) is 2.83. The van der Waals surface area contributed by atoms with Crippen LogP contribution in [0.15, 0.2) is 0 Å². The maximum atomic E-state index is 11.8. The number of alkyl halides is 3. The highest BCUT2D eigenvalue weighted by Gasteiger charge is 2.48. The lowest BCUT2D eigenvalue weighted by molar-refractivity contribution is -0.0567. The molecular formula is C5H8F3NO3S. The summed E-state index contributed by atoms with van der Waals surface area (Å²) in [4.78, 5) is 0. The molecular weight excluding hydrogens is 211 g/mol. The minimum Gasteiger partial charge on any atom is -0.314 e. The van der Waals surface area contributed by atoms with Crippen LogP contribution >= 0.6 is 0 Å². The molecule has 0 aliphatic carbocycles. The van der Waals surface area contributed by atoms with Gasteiger partial charge in [-0.3, -0.25) is 4.18 Å². The second kappa shape index (κ2) is 3.43. The first-order chi connectivity index (χ1) is 5.83. The van der Waals surface area contributed by atoms with Crippen molar-refractivity contribution in [3.05, 3.63) is 0 Å². The van der Waals surface area contributed by atoms with Gasteiger partial charge in [0.2, 0.25) is 0 Å². The Labute approximate surface area is 73.2 Å². The van der Waals surface area contributed by atoms with E-state index in [0.717, 1.165) is 0 Å². The van der Waals surface area contributed by atoms with Crippen LogP contribution in [0.5, 0.6) is 0 Å². The zero-order valence-electron chi connectivity index (χ0n) is 6.47. The molecule has 0 bridgehead atoms. The summed E-state index contributed by atoms with van der Waals surface area (Å²) in [6.07, 6.45) is -0.624. The molecule has 1 aliphatic rings. The normalized spacial score (nSPS) is 25.0. The van der Waals surface area contributed by atoms with E-state index in [2.05, 4.69) is 9.50 Å². The largest absolute Gasteiger partial charge is 0.523 e. The van der Waals surface area contributed by atoms with E-state index >= 15 is 0 Å². The van der Waals surface area contributed by atoms with Gasteiger partial charge in [0, 0.05) is 6.54 Å². The summed E-state index contributed by atoms with van der Waals surface area (Å²) in [5, 5.41) is 2.69. The lowest BCUT2D eigenvalue weighted by Crippen LogP contribution is -2.31. The zero-order valence-corrected chi connectivity index (χ0v) is 7.28. The van der Waals surface area contributed by atoms with Gasteiger partial charge in [0.1, 0.15) is 0 Å². The average Bonchev–Trinajstić information content (AvgIpc) is 2.35. The van der Waals surface area contributed by atoms with E-state index < -0.39 is 21.7 Å². The van der Waals surface area contributed by atoms with Crippen molar-refractivity contribution in [1.29, 1.82) is 0 Å². The molecule has 0 saturated carbocycles. The third-order valence-corrected chi connectivity index (χ3v) is 2.65. The molecule has 0 amide bonds. The van der Waals surface area contributed by atoms with Crippen LogP contribution in [0.2, 0.25) is 0 Å². The lowest BCUT2D eigenvalue weighted by atomic mass is 10.3. The molecule has 13 heavy (non-hydrogen) atoms. The molecule has 8 heteroatoms. The first-order valence-corrected chi connectivity index (χ1v) is 4.94. The highest BCUT2D eigenvalue weighted by Crippen LogP contribution is 2.26. The molecule has 1 saturated heterocycles. The van der Waals surface area contributed by atoms with Crippen molar-refractivity contribution in [3.8, 4) is 0 Å². The van der Waals surface area contributed by atoms with Crippen LogP contribution in [0.3, 0.4) is 0 Å². The minimum absolute atomic E-state index is 0.134. The predicted octanol–water partition coefficient (Wildman–Crippen LogP) is 0.215. The van der Waals surface area contributed by atoms with Crippen molar-refractivity contribution in [1.82, 2.24) is 5.32 Å². The van der Waals surface area contributed by atoms with Gasteiger partial charge in [-0.05, 0) is 13.0 Å². The Bertz CT molecular complexity index is 267. The van der Waals surface area contributed by atoms with E-state index in [9.17, 15) is 21.6 Å². The summed E-state index contributed by atoms with van der Waals surface area (Å²) in [5.74, 6) is 0. The summed E-state index contributed by atoms with van der Waals surface area (Å²) < 4.78 is 60.1. The van der Waals surface area contributed by atoms with Crippen molar-refractivity contribution in [2.75, 3.05) is 13.1 Å². The Morgan fingerprint density at radius 1 is 1.38 bits per heavy atom. The first kappa shape index (κ1) is 10.7. The van der Waals surface area contributed by atoms with E-state index in [-0.39, 0.29) is 13.0 Å². The van der Waals surface area contributed by atoms with Gasteiger partial charge < -0.3 is 5.32 Å². The maximum absolute atomic E-state index is 11.8. The van der Waals surface area contributed by atoms with Crippen LogP contribution in [0.25, 0.3) is 0 Å². The molecule has 0 aromatic heterocycles. The molecule has 1 unspecified atom stereocenters. The number of halogens is 3. The zero-order chi connectivity index (χ0) is 10.1. The van der Waals surface area contributed by atoms with Gasteiger partial charge in [0.15, 0.2) is 0 Å². The number of nitrogens with one attached hydrogen (secondary N) is 1. The van der Waals surface area contributed by atoms with Gasteiger partial charge in [0.05, 0.1) is 6.10 Å². The Balaban J connectivity index is 2.62. The van der Waals surface area contributed by atoms with Crippen LogP contribution in [-0.4, -0.2) is 33.1 Å². The summed E-state index contributed by atoms with van der Waals surface area (Å²) in [6, 6.07) is 0. The van der Waals surface area contributed by atoms with Crippen LogP contribution in [0, 0.1) is 0 Å². The van der Waals surface area contributed by atoms with E-state index in [1.54, 1.807) is 0 Å². The molecule has 1 rings (SSSR count). The average molecular weight is 219 g/mol. The molecule has 1 heterocycles. The van der Waals surface area contributed by atoms with Gasteiger partial charge in [-0.25, -0.2) is 0 Å². The van der Waals surface area contributed by atoms with Gasteiger partial charge in [-0.15, -0.1) is 0 Å². The summed E-state index contributed by atoms with van der Waals surface area (Å²) >= 11 is 0. The van der Waals surface area contributed by atoms with Crippen LogP contribution in [0.4, 0.5) is 13.2 Å². The third-order valence-electron chi connectivity index (χ3n) is 1.56. The SMILES string of the molecule is O=S(=O)(OC1CCNC1)C(F)(F)F. The van der Waals surface area contributed by atoms with Crippen molar-refractivity contribution >= 4 is 10.1 Å². The van der Waals surface area contributed by atoms with Gasteiger partial charge in [-0.2, -0.15) is 21.6 Å². The molecule has 1 aliphatic heterocycles. The van der Waals surface area contributed by atoms with Gasteiger partial charge in [0.25, 0.3) is 0 Å². The fourth-order valence-electron chi connectivity index (χ4n) is 0.944. The molecule has 1 N–H and O–H groups in total. The fourth-order valence-corrected chi connectivity index (χ4v) is 1.58. The Hall–Kier alpha value is -0.340. The highest BCUT2D eigenvalue weighted by molar-refractivity contribution is 7.87. The fraction of sp³-hybridized carbons (Fsp3) is 1.00. The predicted molar refractivity (Wildman–Crippen MR) is 37.3 cm³/mol. The van der Waals surface area contributed by atoms with Crippen LogP contribution < -0.4 is 5.32 Å². The number of rotatable bonds is 2. The van der Waals surface area contributed by atoms with Crippen LogP contribution in [0.1, 0.15) is 6.42 Å². The topological polar surface area (TPSA) is 55.4 Å². The third kappa shape index (κ3) is 2.55. The quantitative estimate of drug-likeness (QED) is 0.533. The van der Waals surface area contributed by atoms with E-state index in [1.165, 1.54) is 0 Å². The highest BCUT2D eigenvalue weighted by atomic mass is 32.2. The second-order valence-electron chi connectivity index (χ2n) is 2.61. The molecule has 0 radical (unpaired) electrons. The molecule has 0 spiro atoms. The molecule has 78 valence electrons. The lowest BCUT2D eigenvalue weighted by Gasteiger charge is -2.12. The van der Waals surface area contributed by atoms with Crippen molar-refractivity contribution in [2.24, 2.45) is 0 Å². The summed E-state index contributed by atoms with van der Waals surface area (Å²) in [6.45, 7) is 0.605. The van der Waals surface area contributed by atoms with Gasteiger partial charge >= 0.3 is 15.6 Å². The summed E-state index contributed by atoms with van der Waals surface area (Å²) in [7, 11) is -5.42. The minimum atomic E-state index is -5.42. The Morgan fingerprint density at radius 2 is 2.00 bits per heavy atom. The van der Waals surface area contributed by atoms with E-state index in [0.29, 0.717) is 6.54 Å². The first-order valence-electron chi connectivity index (χ1n) is 3.53. The van der Waals surface area contributed by atoms with E-state index in [4.69, 9.17) is 0 Å². The standard InChI is InChI=1S/C5H8F3NO3S/c6-5(7,8)13(10,11)12-4-1-2-9-3-4/h4,9H,1-3H2. The van der Waals surface area contributed by atoms with Crippen LogP contribution in [-0.2, 0) is 14.3 Å². The van der Waals surface area contributed by atoms with E-state index in [1.807, 2.05) is 0 Å².